The van der Waals surface area contributed by atoms with Gasteiger partial charge in [-0.2, -0.15) is 5.10 Å². The maximum atomic E-state index is 12.8. The molecule has 0 fully saturated rings. The molecular formula is C18H19N5OS3. The van der Waals surface area contributed by atoms with Crippen LogP contribution in [0.5, 0.6) is 0 Å². The lowest BCUT2D eigenvalue weighted by atomic mass is 10.1. The van der Waals surface area contributed by atoms with E-state index in [9.17, 15) is 4.55 Å². The van der Waals surface area contributed by atoms with E-state index in [4.69, 9.17) is 10.7 Å². The van der Waals surface area contributed by atoms with Gasteiger partial charge in [-0.1, -0.05) is 24.7 Å². The number of nitrogen functional groups attached to an aromatic ring is 1. The molecule has 1 atom stereocenters. The second-order valence-corrected chi connectivity index (χ2v) is 9.78. The van der Waals surface area contributed by atoms with Gasteiger partial charge in [-0.05, 0) is 29.7 Å². The average Bonchev–Trinajstić information content (AvgIpc) is 3.39. The summed E-state index contributed by atoms with van der Waals surface area (Å²) in [6.45, 7) is 2.09. The van der Waals surface area contributed by atoms with Crippen molar-refractivity contribution >= 4 is 49.8 Å². The van der Waals surface area contributed by atoms with E-state index in [1.807, 2.05) is 29.2 Å². The van der Waals surface area contributed by atoms with Gasteiger partial charge in [0.05, 0.1) is 5.69 Å². The van der Waals surface area contributed by atoms with Crippen molar-refractivity contribution in [3.8, 4) is 22.0 Å². The topological polar surface area (TPSA) is 92.7 Å². The van der Waals surface area contributed by atoms with Gasteiger partial charge in [-0.15, -0.1) is 11.3 Å². The first kappa shape index (κ1) is 18.4. The summed E-state index contributed by atoms with van der Waals surface area (Å²) in [5, 5.41) is 7.92. The molecular weight excluding hydrogens is 398 g/mol. The van der Waals surface area contributed by atoms with Crippen LogP contribution in [0.3, 0.4) is 0 Å². The zero-order valence-electron chi connectivity index (χ0n) is 15.0. The Labute approximate surface area is 168 Å². The summed E-state index contributed by atoms with van der Waals surface area (Å²) in [4.78, 5) is 9.96. The van der Waals surface area contributed by atoms with Crippen LogP contribution in [0.2, 0.25) is 0 Å². The van der Waals surface area contributed by atoms with Crippen LogP contribution >= 0.6 is 22.7 Å². The van der Waals surface area contributed by atoms with Crippen molar-refractivity contribution in [2.45, 2.75) is 24.0 Å². The molecule has 1 unspecified atom stereocenters. The second kappa shape index (κ2) is 7.59. The number of nitrogens with two attached hydrogens (primary N) is 1. The molecule has 0 bridgehead atoms. The van der Waals surface area contributed by atoms with E-state index < -0.39 is 11.2 Å². The molecule has 0 spiro atoms. The Bertz CT molecular complexity index is 1070. The number of hydrogen-bond donors (Lipinski definition) is 1. The van der Waals surface area contributed by atoms with Crippen molar-refractivity contribution in [1.82, 2.24) is 19.7 Å². The minimum absolute atomic E-state index is 0.568. The number of thiazole rings is 1. The number of aryl methyl sites for hydroxylation is 1. The van der Waals surface area contributed by atoms with Crippen LogP contribution < -0.4 is 5.73 Å². The molecule has 4 aromatic rings. The number of pyridine rings is 1. The van der Waals surface area contributed by atoms with E-state index in [-0.39, 0.29) is 0 Å². The molecule has 0 amide bonds. The Hall–Kier alpha value is -1.94. The monoisotopic (exact) mass is 417 g/mol. The fourth-order valence-electron chi connectivity index (χ4n) is 2.94. The Kier molecular flexibility index (Phi) is 5.18. The molecule has 0 aromatic carbocycles. The number of hydrogen-bond acceptors (Lipinski definition) is 7. The van der Waals surface area contributed by atoms with E-state index in [0.717, 1.165) is 45.0 Å². The third-order valence-electron chi connectivity index (χ3n) is 4.30. The van der Waals surface area contributed by atoms with Gasteiger partial charge in [-0.25, -0.2) is 9.97 Å². The molecule has 27 heavy (non-hydrogen) atoms. The van der Waals surface area contributed by atoms with Gasteiger partial charge in [-0.3, -0.25) is 4.68 Å². The highest BCUT2D eigenvalue weighted by Gasteiger charge is 2.25. The largest absolute Gasteiger partial charge is 0.611 e. The minimum Gasteiger partial charge on any atom is -0.611 e. The lowest BCUT2D eigenvalue weighted by Crippen LogP contribution is -2.07. The first-order valence-electron chi connectivity index (χ1n) is 8.59. The van der Waals surface area contributed by atoms with Gasteiger partial charge in [0.1, 0.15) is 27.0 Å². The molecule has 2 N–H and O–H groups in total. The minimum atomic E-state index is -1.11. The summed E-state index contributed by atoms with van der Waals surface area (Å²) in [6, 6.07) is 3.95. The van der Waals surface area contributed by atoms with Crippen molar-refractivity contribution in [3.63, 3.8) is 0 Å². The van der Waals surface area contributed by atoms with Crippen molar-refractivity contribution in [3.05, 3.63) is 29.9 Å². The van der Waals surface area contributed by atoms with Crippen molar-refractivity contribution < 1.29 is 4.55 Å². The summed E-state index contributed by atoms with van der Waals surface area (Å²) < 4.78 is 15.3. The lowest BCUT2D eigenvalue weighted by Gasteiger charge is -2.09. The highest BCUT2D eigenvalue weighted by Crippen LogP contribution is 2.43. The van der Waals surface area contributed by atoms with E-state index in [1.54, 1.807) is 23.7 Å². The number of fused-ring (bicyclic) bond motifs is 1. The fraction of sp³-hybridized carbons (Fsp3) is 0.278. The molecule has 4 rings (SSSR count). The van der Waals surface area contributed by atoms with Crippen LogP contribution in [0, 0.1) is 0 Å². The highest BCUT2D eigenvalue weighted by atomic mass is 32.2. The maximum Gasteiger partial charge on any atom is 0.232 e. The maximum absolute atomic E-state index is 12.8. The third kappa shape index (κ3) is 3.36. The SMILES string of the molecule is CCCC[S+]([O-])c1sc2nc(-c3nccs3)cc(-c3ccnn3C)c2c1N. The predicted molar refractivity (Wildman–Crippen MR) is 114 cm³/mol. The van der Waals surface area contributed by atoms with E-state index in [0.29, 0.717) is 15.6 Å². The summed E-state index contributed by atoms with van der Waals surface area (Å²) in [5.41, 5.74) is 9.72. The standard InChI is InChI=1S/C18H19N5OS3/c1-3-4-9-27(24)18-15(19)14-11(13-5-6-21-23(13)2)10-12(22-17(14)26-18)16-20-7-8-25-16/h5-8,10H,3-4,9,19H2,1-2H3. The van der Waals surface area contributed by atoms with Crippen LogP contribution in [0.1, 0.15) is 19.8 Å². The highest BCUT2D eigenvalue weighted by molar-refractivity contribution is 7.93. The summed E-state index contributed by atoms with van der Waals surface area (Å²) in [6.07, 6.45) is 5.44. The summed E-state index contributed by atoms with van der Waals surface area (Å²) >= 11 is 1.85. The number of thiophene rings is 1. The van der Waals surface area contributed by atoms with Gasteiger partial charge < -0.3 is 10.3 Å². The number of anilines is 1. The van der Waals surface area contributed by atoms with Gasteiger partial charge in [0.2, 0.25) is 4.21 Å². The fourth-order valence-corrected chi connectivity index (χ4v) is 6.33. The summed E-state index contributed by atoms with van der Waals surface area (Å²) in [7, 11) is 1.90. The first-order chi connectivity index (χ1) is 13.1. The Morgan fingerprint density at radius 1 is 1.33 bits per heavy atom. The quantitative estimate of drug-likeness (QED) is 0.472. The Balaban J connectivity index is 1.95. The smallest absolute Gasteiger partial charge is 0.232 e. The normalized spacial score (nSPS) is 12.7. The van der Waals surface area contributed by atoms with E-state index >= 15 is 0 Å². The van der Waals surface area contributed by atoms with E-state index in [1.165, 1.54) is 11.3 Å². The van der Waals surface area contributed by atoms with Crippen LogP contribution in [-0.2, 0) is 18.2 Å². The molecule has 9 heteroatoms. The van der Waals surface area contributed by atoms with E-state index in [2.05, 4.69) is 17.0 Å². The molecule has 0 aliphatic rings. The molecule has 4 aromatic heterocycles. The molecule has 0 saturated carbocycles. The van der Waals surface area contributed by atoms with Gasteiger partial charge in [0.15, 0.2) is 0 Å². The zero-order chi connectivity index (χ0) is 19.0. The van der Waals surface area contributed by atoms with Crippen molar-refractivity contribution in [1.29, 1.82) is 0 Å². The van der Waals surface area contributed by atoms with Gasteiger partial charge >= 0.3 is 0 Å². The van der Waals surface area contributed by atoms with Crippen LogP contribution in [0.15, 0.2) is 34.1 Å². The molecule has 0 saturated heterocycles. The van der Waals surface area contributed by atoms with Gasteiger partial charge in [0, 0.05) is 35.8 Å². The van der Waals surface area contributed by atoms with Crippen molar-refractivity contribution in [2.75, 3.05) is 11.5 Å². The van der Waals surface area contributed by atoms with Crippen LogP contribution in [0.25, 0.3) is 32.2 Å². The summed E-state index contributed by atoms with van der Waals surface area (Å²) in [5.74, 6) is 0.619. The van der Waals surface area contributed by atoms with Crippen LogP contribution in [-0.4, -0.2) is 30.1 Å². The first-order valence-corrected chi connectivity index (χ1v) is 11.6. The predicted octanol–water partition coefficient (Wildman–Crippen LogP) is 4.31. The number of unbranched alkanes of at least 4 members (excludes halogenated alkanes) is 1. The Morgan fingerprint density at radius 2 is 2.19 bits per heavy atom. The third-order valence-corrected chi connectivity index (χ3v) is 8.09. The second-order valence-electron chi connectivity index (χ2n) is 6.12. The molecule has 6 nitrogen and oxygen atoms in total. The number of rotatable bonds is 6. The van der Waals surface area contributed by atoms with Crippen molar-refractivity contribution in [2.24, 2.45) is 7.05 Å². The molecule has 0 radical (unpaired) electrons. The van der Waals surface area contributed by atoms with Crippen LogP contribution in [0.4, 0.5) is 5.69 Å². The lowest BCUT2D eigenvalue weighted by molar-refractivity contribution is 0.594. The molecule has 4 heterocycles. The molecule has 140 valence electrons. The Morgan fingerprint density at radius 3 is 2.85 bits per heavy atom. The molecule has 0 aliphatic heterocycles. The number of nitrogens with zero attached hydrogens (tertiary/aromatic N) is 4. The van der Waals surface area contributed by atoms with Gasteiger partial charge in [0.25, 0.3) is 0 Å². The average molecular weight is 418 g/mol. The number of aromatic nitrogens is 4. The molecule has 0 aliphatic carbocycles. The zero-order valence-corrected chi connectivity index (χ0v) is 17.5.